The Morgan fingerprint density at radius 1 is 1.17 bits per heavy atom. The number of rotatable bonds is 11. The largest absolute Gasteiger partial charge is 0.494 e. The fourth-order valence-corrected chi connectivity index (χ4v) is 5.34. The first-order chi connectivity index (χ1) is 17.6. The Balaban J connectivity index is 1.45. The van der Waals surface area contributed by atoms with Gasteiger partial charge in [-0.15, -0.1) is 5.10 Å². The summed E-state index contributed by atoms with van der Waals surface area (Å²) in [6.45, 7) is 8.08. The fraction of sp³-hybridized carbons (Fsp3) is 0.615. The molecule has 0 radical (unpaired) electrons. The number of benzene rings is 1. The molecule has 36 heavy (non-hydrogen) atoms. The van der Waals surface area contributed by atoms with Crippen molar-refractivity contribution in [3.05, 3.63) is 46.0 Å². The highest BCUT2D eigenvalue weighted by Crippen LogP contribution is 2.28. The molecule has 2 aliphatic rings. The standard InChI is InChI=1S/C26H36N6O4/c1-3-24(25-28-29-30-32(25)17-22-8-6-12-36-22)31(16-21-7-5-11-35-21)15-19-13-18-14-20(34-4-2)9-10-23(18)27-26(19)33/h9-10,13-14,21-22,24H,3-8,11-12,15-17H2,1-2H3,(H,27,33)/t21-,22-,24+/m0/s1. The van der Waals surface area contributed by atoms with Gasteiger partial charge in [-0.1, -0.05) is 6.92 Å². The molecule has 0 spiro atoms. The molecule has 194 valence electrons. The second-order valence-electron chi connectivity index (χ2n) is 9.65. The Labute approximate surface area is 210 Å². The summed E-state index contributed by atoms with van der Waals surface area (Å²) in [6.07, 6.45) is 5.23. The first-order valence-electron chi connectivity index (χ1n) is 13.2. The number of aromatic nitrogens is 5. The van der Waals surface area contributed by atoms with Gasteiger partial charge in [-0.25, -0.2) is 4.68 Å². The van der Waals surface area contributed by atoms with E-state index in [1.807, 2.05) is 35.9 Å². The van der Waals surface area contributed by atoms with Gasteiger partial charge in [0.25, 0.3) is 5.56 Å². The number of aromatic amines is 1. The van der Waals surface area contributed by atoms with Crippen LogP contribution in [0.25, 0.3) is 10.9 Å². The van der Waals surface area contributed by atoms with E-state index in [2.05, 4.69) is 32.3 Å². The topological polar surface area (TPSA) is 107 Å². The van der Waals surface area contributed by atoms with Crippen molar-refractivity contribution in [2.45, 2.75) is 77.3 Å². The molecule has 0 bridgehead atoms. The lowest BCUT2D eigenvalue weighted by molar-refractivity contribution is 0.0470. The van der Waals surface area contributed by atoms with Gasteiger partial charge in [0.15, 0.2) is 5.82 Å². The van der Waals surface area contributed by atoms with Gasteiger partial charge in [-0.2, -0.15) is 0 Å². The summed E-state index contributed by atoms with van der Waals surface area (Å²) in [5.41, 5.74) is 1.41. The zero-order valence-electron chi connectivity index (χ0n) is 21.2. The molecule has 2 saturated heterocycles. The highest BCUT2D eigenvalue weighted by atomic mass is 16.5. The summed E-state index contributed by atoms with van der Waals surface area (Å²) < 4.78 is 19.4. The van der Waals surface area contributed by atoms with Crippen molar-refractivity contribution < 1.29 is 14.2 Å². The number of pyridine rings is 1. The van der Waals surface area contributed by atoms with E-state index in [0.717, 1.165) is 67.8 Å². The monoisotopic (exact) mass is 496 g/mol. The maximum atomic E-state index is 13.1. The third-order valence-electron chi connectivity index (χ3n) is 7.12. The minimum atomic E-state index is -0.0854. The highest BCUT2D eigenvalue weighted by molar-refractivity contribution is 5.80. The maximum absolute atomic E-state index is 13.1. The Kier molecular flexibility index (Phi) is 7.93. The van der Waals surface area contributed by atoms with Gasteiger partial charge < -0.3 is 19.2 Å². The van der Waals surface area contributed by atoms with E-state index in [9.17, 15) is 4.79 Å². The van der Waals surface area contributed by atoms with Crippen LogP contribution in [0.1, 0.15) is 63.4 Å². The molecule has 2 aliphatic heterocycles. The third-order valence-corrected chi connectivity index (χ3v) is 7.12. The van der Waals surface area contributed by atoms with Gasteiger partial charge >= 0.3 is 0 Å². The van der Waals surface area contributed by atoms with Gasteiger partial charge in [0.05, 0.1) is 31.4 Å². The summed E-state index contributed by atoms with van der Waals surface area (Å²) in [7, 11) is 0. The van der Waals surface area contributed by atoms with Crippen molar-refractivity contribution in [3.63, 3.8) is 0 Å². The number of tetrazole rings is 1. The lowest BCUT2D eigenvalue weighted by atomic mass is 10.1. The normalized spacial score (nSPS) is 21.0. The molecule has 2 fully saturated rings. The third kappa shape index (κ3) is 5.61. The van der Waals surface area contributed by atoms with Crippen LogP contribution in [0.2, 0.25) is 0 Å². The molecule has 0 saturated carbocycles. The fourth-order valence-electron chi connectivity index (χ4n) is 5.34. The lowest BCUT2D eigenvalue weighted by Crippen LogP contribution is -2.38. The van der Waals surface area contributed by atoms with Crippen molar-refractivity contribution in [1.82, 2.24) is 30.1 Å². The summed E-state index contributed by atoms with van der Waals surface area (Å²) >= 11 is 0. The Morgan fingerprint density at radius 2 is 1.97 bits per heavy atom. The van der Waals surface area contributed by atoms with Crippen molar-refractivity contribution in [3.8, 4) is 5.75 Å². The van der Waals surface area contributed by atoms with E-state index >= 15 is 0 Å². The van der Waals surface area contributed by atoms with E-state index < -0.39 is 0 Å². The summed E-state index contributed by atoms with van der Waals surface area (Å²) in [4.78, 5) is 18.5. The van der Waals surface area contributed by atoms with Gasteiger partial charge in [-0.3, -0.25) is 9.69 Å². The number of fused-ring (bicyclic) bond motifs is 1. The highest BCUT2D eigenvalue weighted by Gasteiger charge is 2.30. The molecule has 1 aromatic carbocycles. The Bertz CT molecular complexity index is 1200. The summed E-state index contributed by atoms with van der Waals surface area (Å²) in [5.74, 6) is 1.60. The molecule has 0 unspecified atom stereocenters. The average Bonchev–Trinajstić information content (AvgIpc) is 3.65. The van der Waals surface area contributed by atoms with Gasteiger partial charge in [-0.05, 0) is 73.7 Å². The van der Waals surface area contributed by atoms with Crippen LogP contribution in [0.15, 0.2) is 29.1 Å². The van der Waals surface area contributed by atoms with Crippen LogP contribution in [-0.2, 0) is 22.6 Å². The van der Waals surface area contributed by atoms with E-state index in [4.69, 9.17) is 14.2 Å². The smallest absolute Gasteiger partial charge is 0.252 e. The SMILES string of the molecule is CCOc1ccc2[nH]c(=O)c(CN(C[C@@H]3CCCO3)[C@H](CC)c3nnnn3C[C@@H]3CCCO3)cc2c1. The van der Waals surface area contributed by atoms with E-state index in [0.29, 0.717) is 31.8 Å². The van der Waals surface area contributed by atoms with Crippen LogP contribution >= 0.6 is 0 Å². The van der Waals surface area contributed by atoms with E-state index in [-0.39, 0.29) is 23.8 Å². The van der Waals surface area contributed by atoms with Crippen LogP contribution in [0.5, 0.6) is 5.75 Å². The van der Waals surface area contributed by atoms with Crippen LogP contribution in [0, 0.1) is 0 Å². The minimum absolute atomic E-state index is 0.0598. The quantitative estimate of drug-likeness (QED) is 0.431. The predicted octanol–water partition coefficient (Wildman–Crippen LogP) is 3.22. The number of nitrogens with one attached hydrogen (secondary N) is 1. The molecule has 5 rings (SSSR count). The minimum Gasteiger partial charge on any atom is -0.494 e. The predicted molar refractivity (Wildman–Crippen MR) is 135 cm³/mol. The summed E-state index contributed by atoms with van der Waals surface area (Å²) in [6, 6.07) is 7.66. The van der Waals surface area contributed by atoms with E-state index in [1.54, 1.807) is 0 Å². The molecule has 4 heterocycles. The zero-order valence-corrected chi connectivity index (χ0v) is 21.2. The molecular weight excluding hydrogens is 460 g/mol. The average molecular weight is 497 g/mol. The molecular formula is C26H36N6O4. The van der Waals surface area contributed by atoms with Crippen LogP contribution in [0.4, 0.5) is 0 Å². The number of H-pyrrole nitrogens is 1. The molecule has 2 aromatic heterocycles. The second kappa shape index (κ2) is 11.5. The molecule has 3 atom stereocenters. The van der Waals surface area contributed by atoms with Gasteiger partial charge in [0.2, 0.25) is 0 Å². The van der Waals surface area contributed by atoms with Crippen LogP contribution in [0.3, 0.4) is 0 Å². The van der Waals surface area contributed by atoms with Crippen molar-refractivity contribution in [2.24, 2.45) is 0 Å². The van der Waals surface area contributed by atoms with Crippen molar-refractivity contribution in [1.29, 1.82) is 0 Å². The first-order valence-corrected chi connectivity index (χ1v) is 13.2. The number of nitrogens with zero attached hydrogens (tertiary/aromatic N) is 5. The molecule has 0 aliphatic carbocycles. The number of ether oxygens (including phenoxy) is 3. The van der Waals surface area contributed by atoms with Gasteiger partial charge in [0, 0.05) is 42.8 Å². The maximum Gasteiger partial charge on any atom is 0.252 e. The first kappa shape index (κ1) is 24.9. The number of hydrogen-bond donors (Lipinski definition) is 1. The zero-order chi connectivity index (χ0) is 24.9. The molecule has 0 amide bonds. The van der Waals surface area contributed by atoms with Crippen molar-refractivity contribution in [2.75, 3.05) is 26.4 Å². The van der Waals surface area contributed by atoms with Crippen LogP contribution in [-0.4, -0.2) is 68.7 Å². The molecule has 10 heteroatoms. The van der Waals surface area contributed by atoms with Gasteiger partial charge in [0.1, 0.15) is 5.75 Å². The molecule has 10 nitrogen and oxygen atoms in total. The van der Waals surface area contributed by atoms with Crippen molar-refractivity contribution >= 4 is 10.9 Å². The Morgan fingerprint density at radius 3 is 2.69 bits per heavy atom. The number of hydrogen-bond acceptors (Lipinski definition) is 8. The van der Waals surface area contributed by atoms with Crippen LogP contribution < -0.4 is 10.3 Å². The summed E-state index contributed by atoms with van der Waals surface area (Å²) in [5, 5.41) is 13.7. The Hall–Kier alpha value is -2.82. The molecule has 1 N–H and O–H groups in total. The van der Waals surface area contributed by atoms with E-state index in [1.165, 1.54) is 0 Å². The molecule has 3 aromatic rings. The second-order valence-corrected chi connectivity index (χ2v) is 9.65. The lowest BCUT2D eigenvalue weighted by Gasteiger charge is -2.32.